The molecule has 1 saturated heterocycles. The van der Waals surface area contributed by atoms with Gasteiger partial charge in [0.15, 0.2) is 0 Å². The number of pyridine rings is 1. The van der Waals surface area contributed by atoms with Gasteiger partial charge in [-0.3, -0.25) is 9.78 Å². The van der Waals surface area contributed by atoms with Crippen LogP contribution in [0.1, 0.15) is 55.8 Å². The third kappa shape index (κ3) is 7.38. The number of piperidine rings is 1. The zero-order valence-electron chi connectivity index (χ0n) is 21.8. The van der Waals surface area contributed by atoms with E-state index in [2.05, 4.69) is 9.88 Å². The average molecular weight is 560 g/mol. The molecule has 2 aromatic carbocycles. The van der Waals surface area contributed by atoms with Crippen LogP contribution in [0, 0.1) is 11.8 Å². The Morgan fingerprint density at radius 1 is 1.16 bits per heavy atom. The highest BCUT2D eigenvalue weighted by atomic mass is 35.5. The standard InChI is InChI=1S/C30H36Cl2N2O4/c1-38-22-9-10-28-25(18-22)23(13-15-33-28)29(35)11-7-20-14-17-34(19-21(20)8-12-30(36)37)16-3-4-24-26(31)5-2-6-27(24)32/h2,5-6,9-10,13,15,18,20-21,29,35H,3-4,7-8,11-12,14,16-17,19H2,1H3,(H,36,37)/t20-,21-,29-/m1/s1. The van der Waals surface area contributed by atoms with Gasteiger partial charge < -0.3 is 19.8 Å². The van der Waals surface area contributed by atoms with Crippen molar-refractivity contribution in [2.45, 2.75) is 51.0 Å². The Morgan fingerprint density at radius 3 is 2.68 bits per heavy atom. The van der Waals surface area contributed by atoms with Crippen LogP contribution in [0.25, 0.3) is 10.9 Å². The molecule has 8 heteroatoms. The molecule has 1 aliphatic rings. The summed E-state index contributed by atoms with van der Waals surface area (Å²) in [5.74, 6) is 0.634. The number of hydrogen-bond acceptors (Lipinski definition) is 5. The van der Waals surface area contributed by atoms with Crippen LogP contribution in [-0.2, 0) is 11.2 Å². The minimum atomic E-state index is -0.758. The molecule has 1 aliphatic heterocycles. The Bertz CT molecular complexity index is 1220. The van der Waals surface area contributed by atoms with Crippen LogP contribution < -0.4 is 4.74 Å². The number of likely N-dealkylation sites (tertiary alicyclic amines) is 1. The van der Waals surface area contributed by atoms with Crippen molar-refractivity contribution in [3.05, 3.63) is 69.8 Å². The van der Waals surface area contributed by atoms with Crippen molar-refractivity contribution >= 4 is 40.1 Å². The number of carboxylic acid groups (broad SMARTS) is 1. The first-order valence-corrected chi connectivity index (χ1v) is 14.1. The van der Waals surface area contributed by atoms with E-state index < -0.39 is 12.1 Å². The van der Waals surface area contributed by atoms with Gasteiger partial charge in [-0.25, -0.2) is 0 Å². The summed E-state index contributed by atoms with van der Waals surface area (Å²) >= 11 is 12.7. The van der Waals surface area contributed by atoms with Gasteiger partial charge in [0.1, 0.15) is 5.75 Å². The summed E-state index contributed by atoms with van der Waals surface area (Å²) in [6, 6.07) is 13.2. The molecule has 0 unspecified atom stereocenters. The molecule has 1 aromatic heterocycles. The monoisotopic (exact) mass is 558 g/mol. The van der Waals surface area contributed by atoms with E-state index in [1.54, 1.807) is 13.3 Å². The van der Waals surface area contributed by atoms with Gasteiger partial charge in [0.2, 0.25) is 0 Å². The average Bonchev–Trinajstić information content (AvgIpc) is 2.92. The minimum absolute atomic E-state index is 0.168. The molecule has 0 amide bonds. The van der Waals surface area contributed by atoms with Crippen LogP contribution in [-0.4, -0.2) is 52.8 Å². The molecule has 0 bridgehead atoms. The van der Waals surface area contributed by atoms with E-state index in [4.69, 9.17) is 27.9 Å². The maximum absolute atomic E-state index is 11.4. The lowest BCUT2D eigenvalue weighted by Crippen LogP contribution is -2.41. The second-order valence-electron chi connectivity index (χ2n) is 10.2. The number of carbonyl (C=O) groups is 1. The number of aliphatic carboxylic acids is 1. The molecule has 0 spiro atoms. The fourth-order valence-corrected chi connectivity index (χ4v) is 6.30. The summed E-state index contributed by atoms with van der Waals surface area (Å²) in [7, 11) is 1.63. The Balaban J connectivity index is 1.36. The van der Waals surface area contributed by atoms with Gasteiger partial charge >= 0.3 is 5.97 Å². The molecule has 4 rings (SSSR count). The van der Waals surface area contributed by atoms with Gasteiger partial charge in [-0.1, -0.05) is 29.3 Å². The highest BCUT2D eigenvalue weighted by Crippen LogP contribution is 2.35. The van der Waals surface area contributed by atoms with Crippen LogP contribution >= 0.6 is 23.2 Å². The number of nitrogens with zero attached hydrogens (tertiary/aromatic N) is 2. The number of hydrogen-bond donors (Lipinski definition) is 2. The highest BCUT2D eigenvalue weighted by molar-refractivity contribution is 6.35. The van der Waals surface area contributed by atoms with Crippen LogP contribution in [0.2, 0.25) is 10.0 Å². The Kier molecular flexibility index (Phi) is 10.3. The topological polar surface area (TPSA) is 82.9 Å². The summed E-state index contributed by atoms with van der Waals surface area (Å²) < 4.78 is 5.37. The molecular formula is C30H36Cl2N2O4. The second-order valence-corrected chi connectivity index (χ2v) is 11.0. The van der Waals surface area contributed by atoms with Crippen molar-refractivity contribution in [1.29, 1.82) is 0 Å². The first-order valence-electron chi connectivity index (χ1n) is 13.3. The quantitative estimate of drug-likeness (QED) is 0.254. The third-order valence-corrected chi connectivity index (χ3v) is 8.53. The summed E-state index contributed by atoms with van der Waals surface area (Å²) in [5.41, 5.74) is 2.67. The maximum Gasteiger partial charge on any atom is 0.303 e. The normalized spacial score (nSPS) is 18.9. The van der Waals surface area contributed by atoms with E-state index >= 15 is 0 Å². The third-order valence-electron chi connectivity index (χ3n) is 7.82. The van der Waals surface area contributed by atoms with Gasteiger partial charge in [-0.15, -0.1) is 0 Å². The van der Waals surface area contributed by atoms with Crippen molar-refractivity contribution in [3.63, 3.8) is 0 Å². The molecule has 2 N–H and O–H groups in total. The molecule has 6 nitrogen and oxygen atoms in total. The number of aliphatic hydroxyl groups is 1. The number of ether oxygens (including phenoxy) is 1. The van der Waals surface area contributed by atoms with Crippen molar-refractivity contribution in [2.75, 3.05) is 26.7 Å². The lowest BCUT2D eigenvalue weighted by Gasteiger charge is -2.39. The number of halogens is 2. The van der Waals surface area contributed by atoms with Crippen molar-refractivity contribution < 1.29 is 19.7 Å². The number of benzene rings is 2. The predicted octanol–water partition coefficient (Wildman–Crippen LogP) is 6.80. The van der Waals surface area contributed by atoms with E-state index in [9.17, 15) is 15.0 Å². The number of aromatic nitrogens is 1. The summed E-state index contributed by atoms with van der Waals surface area (Å²) in [6.07, 6.45) is 6.15. The number of fused-ring (bicyclic) bond motifs is 1. The number of carboxylic acids is 1. The van der Waals surface area contributed by atoms with Crippen molar-refractivity contribution in [2.24, 2.45) is 11.8 Å². The SMILES string of the molecule is COc1ccc2nccc([C@H](O)CC[C@@H]3CCN(CCCc4c(Cl)cccc4Cl)C[C@H]3CCC(=O)O)c2c1. The van der Waals surface area contributed by atoms with Crippen LogP contribution in [0.5, 0.6) is 5.75 Å². The highest BCUT2D eigenvalue weighted by Gasteiger charge is 2.30. The smallest absolute Gasteiger partial charge is 0.303 e. The second kappa shape index (κ2) is 13.6. The molecule has 0 radical (unpaired) electrons. The van der Waals surface area contributed by atoms with E-state index in [1.165, 1.54) is 0 Å². The van der Waals surface area contributed by atoms with E-state index in [0.717, 1.165) is 73.1 Å². The number of aliphatic hydroxyl groups excluding tert-OH is 1. The molecule has 2 heterocycles. The summed E-state index contributed by atoms with van der Waals surface area (Å²) in [4.78, 5) is 18.2. The van der Waals surface area contributed by atoms with Gasteiger partial charge in [0, 0.05) is 34.6 Å². The zero-order valence-corrected chi connectivity index (χ0v) is 23.3. The molecule has 3 atom stereocenters. The molecule has 38 heavy (non-hydrogen) atoms. The zero-order chi connectivity index (χ0) is 27.1. The summed E-state index contributed by atoms with van der Waals surface area (Å²) in [5, 5.41) is 22.8. The van der Waals surface area contributed by atoms with Crippen LogP contribution in [0.4, 0.5) is 0 Å². The van der Waals surface area contributed by atoms with Gasteiger partial charge in [-0.2, -0.15) is 0 Å². The van der Waals surface area contributed by atoms with Gasteiger partial charge in [-0.05, 0) is 111 Å². The maximum atomic E-state index is 11.4. The first-order chi connectivity index (χ1) is 18.4. The van der Waals surface area contributed by atoms with Gasteiger partial charge in [0.05, 0.1) is 18.7 Å². The number of methoxy groups -OCH3 is 1. The van der Waals surface area contributed by atoms with E-state index in [0.29, 0.717) is 28.8 Å². The lowest BCUT2D eigenvalue weighted by molar-refractivity contribution is -0.137. The van der Waals surface area contributed by atoms with Gasteiger partial charge in [0.25, 0.3) is 0 Å². The molecule has 0 aliphatic carbocycles. The first kappa shape index (κ1) is 28.6. The van der Waals surface area contributed by atoms with Crippen LogP contribution in [0.3, 0.4) is 0 Å². The Labute approximate surface area is 234 Å². The van der Waals surface area contributed by atoms with E-state index in [-0.39, 0.29) is 12.3 Å². The van der Waals surface area contributed by atoms with Crippen LogP contribution in [0.15, 0.2) is 48.7 Å². The fraction of sp³-hybridized carbons (Fsp3) is 0.467. The molecule has 3 aromatic rings. The summed E-state index contributed by atoms with van der Waals surface area (Å²) in [6.45, 7) is 2.76. The number of rotatable bonds is 12. The molecule has 1 fully saturated rings. The largest absolute Gasteiger partial charge is 0.497 e. The molecular weight excluding hydrogens is 523 g/mol. The van der Waals surface area contributed by atoms with Crippen molar-refractivity contribution in [3.8, 4) is 5.75 Å². The lowest BCUT2D eigenvalue weighted by atomic mass is 9.79. The minimum Gasteiger partial charge on any atom is -0.497 e. The fourth-order valence-electron chi connectivity index (χ4n) is 5.72. The predicted molar refractivity (Wildman–Crippen MR) is 152 cm³/mol. The Hall–Kier alpha value is -2.38. The molecule has 204 valence electrons. The molecule has 0 saturated carbocycles. The van der Waals surface area contributed by atoms with E-state index in [1.807, 2.05) is 42.5 Å². The Morgan fingerprint density at radius 2 is 1.95 bits per heavy atom. The van der Waals surface area contributed by atoms with Crippen molar-refractivity contribution in [1.82, 2.24) is 9.88 Å².